The number of ether oxygens (including phenoxy) is 3. The van der Waals surface area contributed by atoms with Gasteiger partial charge in [-0.25, -0.2) is 0 Å². The normalized spacial score (nSPS) is 29.9. The third-order valence-electron chi connectivity index (χ3n) is 11.6. The summed E-state index contributed by atoms with van der Waals surface area (Å²) in [6.45, 7) is 6.85. The second-order valence-electron chi connectivity index (χ2n) is 15.7. The van der Waals surface area contributed by atoms with Crippen LogP contribution in [0.1, 0.15) is 70.2 Å². The molecule has 13 heteroatoms. The number of ketones is 2. The molecule has 3 heterocycles. The Morgan fingerprint density at radius 1 is 0.821 bits per heavy atom. The fourth-order valence-electron chi connectivity index (χ4n) is 8.15. The first-order valence-electron chi connectivity index (χ1n) is 19.0. The highest BCUT2D eigenvalue weighted by molar-refractivity contribution is 6.08. The van der Waals surface area contributed by atoms with Gasteiger partial charge < -0.3 is 38.4 Å². The minimum atomic E-state index is -1.77. The van der Waals surface area contributed by atoms with Gasteiger partial charge >= 0.3 is 0 Å². The molecule has 0 bridgehead atoms. The third kappa shape index (κ3) is 6.92. The Morgan fingerprint density at radius 2 is 1.43 bits per heavy atom. The molecule has 2 aromatic heterocycles. The number of allylic oxidation sites excluding steroid dienone is 1. The van der Waals surface area contributed by atoms with E-state index in [0.717, 1.165) is 11.1 Å². The zero-order valence-corrected chi connectivity index (χ0v) is 32.8. The molecule has 0 spiro atoms. The lowest BCUT2D eigenvalue weighted by Gasteiger charge is -2.48. The first-order chi connectivity index (χ1) is 26.8. The maximum Gasteiger partial charge on any atom is 0.265 e. The fourth-order valence-corrected chi connectivity index (χ4v) is 8.15. The van der Waals surface area contributed by atoms with Gasteiger partial charge in [-0.3, -0.25) is 14.5 Å². The summed E-state index contributed by atoms with van der Waals surface area (Å²) in [4.78, 5) is 30.9. The van der Waals surface area contributed by atoms with Gasteiger partial charge in [0.25, 0.3) is 11.8 Å². The van der Waals surface area contributed by atoms with Crippen molar-refractivity contribution in [3.63, 3.8) is 0 Å². The zero-order valence-electron chi connectivity index (χ0n) is 32.8. The molecule has 8 rings (SSSR count). The molecule has 296 valence electrons. The summed E-state index contributed by atoms with van der Waals surface area (Å²) in [5, 5.41) is 29.8. The summed E-state index contributed by atoms with van der Waals surface area (Å²) in [5.41, 5.74) is -0.130. The molecule has 0 saturated carbocycles. The summed E-state index contributed by atoms with van der Waals surface area (Å²) in [6.07, 6.45) is 6.34. The summed E-state index contributed by atoms with van der Waals surface area (Å²) in [6, 6.07) is 18.9. The van der Waals surface area contributed by atoms with Crippen molar-refractivity contribution in [2.24, 2.45) is 23.7 Å². The van der Waals surface area contributed by atoms with Crippen LogP contribution in [0.3, 0.4) is 0 Å². The van der Waals surface area contributed by atoms with E-state index in [0.29, 0.717) is 30.2 Å². The van der Waals surface area contributed by atoms with Crippen molar-refractivity contribution in [2.75, 3.05) is 28.2 Å². The van der Waals surface area contributed by atoms with Gasteiger partial charge in [0.15, 0.2) is 17.1 Å². The quantitative estimate of drug-likeness (QED) is 0.113. The molecule has 4 aliphatic rings. The van der Waals surface area contributed by atoms with Crippen LogP contribution in [-0.2, 0) is 24.5 Å². The number of aliphatic hydroxyl groups is 2. The molecular weight excluding hydrogens is 716 g/mol. The van der Waals surface area contributed by atoms with Crippen LogP contribution in [0.4, 0.5) is 0 Å². The number of Topliss-reactive ketones (excluding diaryl/α,β-unsaturated/α-hetero) is 2. The molecule has 13 nitrogen and oxygen atoms in total. The second-order valence-corrected chi connectivity index (χ2v) is 15.7. The predicted molar refractivity (Wildman–Crippen MR) is 205 cm³/mol. The topological polar surface area (TPSA) is 164 Å². The molecule has 1 saturated heterocycles. The second kappa shape index (κ2) is 15.5. The Labute approximate surface area is 326 Å². The Balaban J connectivity index is 0.000000172. The molecule has 4 aromatic rings. The van der Waals surface area contributed by atoms with Gasteiger partial charge in [-0.15, -0.1) is 0 Å². The van der Waals surface area contributed by atoms with Crippen LogP contribution in [0.2, 0.25) is 0 Å². The van der Waals surface area contributed by atoms with Crippen molar-refractivity contribution < 1.29 is 43.1 Å². The van der Waals surface area contributed by atoms with E-state index in [1.807, 2.05) is 105 Å². The molecule has 0 radical (unpaired) electrons. The van der Waals surface area contributed by atoms with Crippen LogP contribution < -0.4 is 9.47 Å². The smallest absolute Gasteiger partial charge is 0.265 e. The van der Waals surface area contributed by atoms with E-state index in [1.54, 1.807) is 19.1 Å². The lowest BCUT2D eigenvalue weighted by molar-refractivity contribution is -0.0861. The molecular formula is C43H50N4O9. The Kier molecular flexibility index (Phi) is 10.9. The number of nitrogens with zero attached hydrogens (tertiary/aromatic N) is 4. The first-order valence-corrected chi connectivity index (χ1v) is 19.0. The lowest BCUT2D eigenvalue weighted by atomic mass is 9.61. The lowest BCUT2D eigenvalue weighted by Crippen LogP contribution is -2.61. The van der Waals surface area contributed by atoms with Crippen LogP contribution in [-0.4, -0.2) is 93.5 Å². The molecule has 2 N–H and O–H groups in total. The largest absolute Gasteiger partial charge is 0.470 e. The van der Waals surface area contributed by atoms with Crippen LogP contribution in [0.25, 0.3) is 0 Å². The van der Waals surface area contributed by atoms with E-state index in [4.69, 9.17) is 23.3 Å². The first kappa shape index (κ1) is 39.3. The number of aromatic nitrogens is 2. The Bertz CT molecular complexity index is 2090. The maximum atomic E-state index is 13.7. The summed E-state index contributed by atoms with van der Waals surface area (Å²) < 4.78 is 28.7. The predicted octanol–water partition coefficient (Wildman–Crippen LogP) is 5.44. The number of epoxide rings is 1. The molecule has 1 aliphatic heterocycles. The SMILES string of the molecule is C[C@@H]1C=C[C@@H]2O[C@]2(C(=O)c2c(OCc3ccccc3)noc2CN(C)C)[C@@H]1C.C[C@@H]1[C@H](O)C=C[C@H]2[C@H](N(C)C)c3onc(OCc4ccccc4)c3C(=O)[C@@]12O. The van der Waals surface area contributed by atoms with E-state index >= 15 is 0 Å². The van der Waals surface area contributed by atoms with E-state index < -0.39 is 41.0 Å². The number of carbonyl (C=O) groups is 2. The highest BCUT2D eigenvalue weighted by atomic mass is 16.6. The number of carbonyl (C=O) groups excluding carboxylic acids is 2. The van der Waals surface area contributed by atoms with Gasteiger partial charge in [0.1, 0.15) is 36.0 Å². The molecule has 0 amide bonds. The van der Waals surface area contributed by atoms with Gasteiger partial charge in [0.05, 0.1) is 18.7 Å². The van der Waals surface area contributed by atoms with Crippen molar-refractivity contribution in [2.45, 2.75) is 70.0 Å². The van der Waals surface area contributed by atoms with Crippen LogP contribution in [0, 0.1) is 23.7 Å². The molecule has 2 aromatic carbocycles. The van der Waals surface area contributed by atoms with Crippen LogP contribution in [0.15, 0.2) is 94.0 Å². The Morgan fingerprint density at radius 3 is 2.04 bits per heavy atom. The minimum absolute atomic E-state index is 0.0684. The standard InChI is InChI=1S/C22H26N2O4.C21H24N2O5/c1-14-10-11-18-22(27-18,15(14)2)20(25)19-17(12-24(3)4)28-23-21(19)26-13-16-8-6-5-7-9-16;1-12-15(24)10-9-14-17(23(2)3)18-16(19(25)21(12,14)26)20(22-28-18)27-11-13-7-5-4-6-8-13/h5-11,14-15,18H,12-13H2,1-4H3;4-10,12,14-15,17,24,26H,11H2,1-3H3/t14-,15-,18+,22-;12-,14+,15-,17+,21-/m11/s1. The minimum Gasteiger partial charge on any atom is -0.470 e. The highest BCUT2D eigenvalue weighted by Crippen LogP contribution is 2.54. The van der Waals surface area contributed by atoms with Crippen molar-refractivity contribution in [1.29, 1.82) is 0 Å². The van der Waals surface area contributed by atoms with E-state index in [9.17, 15) is 19.8 Å². The van der Waals surface area contributed by atoms with Gasteiger partial charge in [-0.2, -0.15) is 0 Å². The van der Waals surface area contributed by atoms with Gasteiger partial charge in [-0.05, 0) is 55.5 Å². The highest BCUT2D eigenvalue weighted by Gasteiger charge is 2.67. The number of hydrogen-bond donors (Lipinski definition) is 2. The number of fused-ring (bicyclic) bond motifs is 3. The van der Waals surface area contributed by atoms with Gasteiger partial charge in [0.2, 0.25) is 11.6 Å². The number of benzene rings is 2. The zero-order chi connectivity index (χ0) is 39.9. The molecule has 56 heavy (non-hydrogen) atoms. The van der Waals surface area contributed by atoms with Crippen molar-refractivity contribution >= 4 is 11.6 Å². The number of aliphatic hydroxyl groups excluding tert-OH is 1. The van der Waals surface area contributed by atoms with Gasteiger partial charge in [-0.1, -0.05) is 106 Å². The summed E-state index contributed by atoms with van der Waals surface area (Å²) in [7, 11) is 7.54. The van der Waals surface area contributed by atoms with Crippen molar-refractivity contribution in [3.05, 3.63) is 119 Å². The molecule has 3 aliphatic carbocycles. The van der Waals surface area contributed by atoms with Crippen LogP contribution in [0.5, 0.6) is 11.8 Å². The fraction of sp³-hybridized carbons (Fsp3) is 0.442. The average molecular weight is 767 g/mol. The van der Waals surface area contributed by atoms with E-state index in [-0.39, 0.29) is 47.7 Å². The molecule has 9 atom stereocenters. The molecule has 1 fully saturated rings. The number of hydrogen-bond acceptors (Lipinski definition) is 13. The molecule has 0 unspecified atom stereocenters. The van der Waals surface area contributed by atoms with Crippen molar-refractivity contribution in [1.82, 2.24) is 20.1 Å². The van der Waals surface area contributed by atoms with Crippen molar-refractivity contribution in [3.8, 4) is 11.8 Å². The van der Waals surface area contributed by atoms with Gasteiger partial charge in [0, 0.05) is 17.8 Å². The van der Waals surface area contributed by atoms with Crippen LogP contribution >= 0.6 is 0 Å². The Hall–Kier alpha value is -4.92. The van der Waals surface area contributed by atoms with E-state index in [1.165, 1.54) is 0 Å². The average Bonchev–Trinajstić information content (AvgIpc) is 3.61. The monoisotopic (exact) mass is 766 g/mol. The summed E-state index contributed by atoms with van der Waals surface area (Å²) in [5.74, 6) is -0.335. The number of rotatable bonds is 11. The maximum absolute atomic E-state index is 13.7. The third-order valence-corrected chi connectivity index (χ3v) is 11.6. The summed E-state index contributed by atoms with van der Waals surface area (Å²) >= 11 is 0. The van der Waals surface area contributed by atoms with E-state index in [2.05, 4.69) is 30.2 Å².